The van der Waals surface area contributed by atoms with Gasteiger partial charge in [-0.1, -0.05) is 0 Å². The van der Waals surface area contributed by atoms with E-state index in [1.165, 1.54) is 4.63 Å². The van der Waals surface area contributed by atoms with Crippen LogP contribution >= 0.6 is 0 Å². The Morgan fingerprint density at radius 1 is 1.21 bits per heavy atom. The van der Waals surface area contributed by atoms with Crippen molar-refractivity contribution in [2.24, 2.45) is 0 Å². The van der Waals surface area contributed by atoms with Crippen molar-refractivity contribution in [1.29, 1.82) is 0 Å². The summed E-state index contributed by atoms with van der Waals surface area (Å²) in [5.74, 6) is -0.0380. The fourth-order valence-corrected chi connectivity index (χ4v) is 1.78. The lowest BCUT2D eigenvalue weighted by molar-refractivity contribution is 0.618. The van der Waals surface area contributed by atoms with Crippen molar-refractivity contribution in [3.05, 3.63) is 36.5 Å². The van der Waals surface area contributed by atoms with Crippen LogP contribution in [-0.2, 0) is 0 Å². The zero-order valence-electron chi connectivity index (χ0n) is 10.4. The summed E-state index contributed by atoms with van der Waals surface area (Å²) in [4.78, 5) is 9.86. The molecule has 3 rings (SSSR count). The van der Waals surface area contributed by atoms with Gasteiger partial charge in [0, 0.05) is 20.3 Å². The molecule has 0 unspecified atom stereocenters. The van der Waals surface area contributed by atoms with Gasteiger partial charge in [0.1, 0.15) is 5.69 Å². The highest BCUT2D eigenvalue weighted by Crippen LogP contribution is 2.25. The summed E-state index contributed by atoms with van der Waals surface area (Å²) in [7, 11) is 3.60. The maximum absolute atomic E-state index is 13.9. The van der Waals surface area contributed by atoms with Crippen LogP contribution in [0.5, 0.6) is 0 Å². The van der Waals surface area contributed by atoms with Gasteiger partial charge in [0.05, 0.1) is 23.5 Å². The molecule has 6 nitrogen and oxygen atoms in total. The summed E-state index contributed by atoms with van der Waals surface area (Å²) in [6, 6.07) is 3.58. The third-order valence-electron chi connectivity index (χ3n) is 2.69. The standard InChI is InChI=1S/C12H11FN6/c1-18(2)12-14-7-9(13)11(17-12)8-6-16-19-10(8)4-3-5-15-19/h3-7H,1-2H3. The first kappa shape index (κ1) is 11.5. The second-order valence-electron chi connectivity index (χ2n) is 4.22. The molecule has 0 amide bonds. The van der Waals surface area contributed by atoms with Crippen molar-refractivity contribution in [1.82, 2.24) is 24.8 Å². The highest BCUT2D eigenvalue weighted by molar-refractivity contribution is 5.77. The lowest BCUT2D eigenvalue weighted by Crippen LogP contribution is -2.13. The normalized spacial score (nSPS) is 10.9. The smallest absolute Gasteiger partial charge is 0.225 e. The van der Waals surface area contributed by atoms with E-state index >= 15 is 0 Å². The molecule has 0 saturated carbocycles. The van der Waals surface area contributed by atoms with Crippen LogP contribution < -0.4 is 4.90 Å². The molecule has 0 N–H and O–H groups in total. The van der Waals surface area contributed by atoms with Crippen LogP contribution in [0.25, 0.3) is 16.8 Å². The first-order valence-electron chi connectivity index (χ1n) is 5.66. The number of hydrogen-bond donors (Lipinski definition) is 0. The van der Waals surface area contributed by atoms with Crippen LogP contribution in [0.3, 0.4) is 0 Å². The molecular formula is C12H11FN6. The van der Waals surface area contributed by atoms with E-state index in [1.54, 1.807) is 37.5 Å². The molecule has 0 spiro atoms. The van der Waals surface area contributed by atoms with Crippen LogP contribution in [0.2, 0.25) is 0 Å². The highest BCUT2D eigenvalue weighted by atomic mass is 19.1. The van der Waals surface area contributed by atoms with Gasteiger partial charge in [-0.25, -0.2) is 14.4 Å². The topological polar surface area (TPSA) is 59.2 Å². The molecule has 0 fully saturated rings. The van der Waals surface area contributed by atoms with E-state index in [0.717, 1.165) is 6.20 Å². The average Bonchev–Trinajstić information content (AvgIpc) is 2.83. The van der Waals surface area contributed by atoms with Gasteiger partial charge in [0.25, 0.3) is 0 Å². The van der Waals surface area contributed by atoms with Crippen LogP contribution in [0.4, 0.5) is 10.3 Å². The minimum absolute atomic E-state index is 0.224. The molecule has 19 heavy (non-hydrogen) atoms. The molecule has 3 aromatic rings. The Kier molecular flexibility index (Phi) is 2.59. The number of rotatable bonds is 2. The van der Waals surface area contributed by atoms with Gasteiger partial charge in [0.2, 0.25) is 5.95 Å². The molecule has 0 aromatic carbocycles. The van der Waals surface area contributed by atoms with Gasteiger partial charge >= 0.3 is 0 Å². The van der Waals surface area contributed by atoms with Crippen LogP contribution in [-0.4, -0.2) is 38.9 Å². The molecule has 96 valence electrons. The van der Waals surface area contributed by atoms with Gasteiger partial charge in [-0.15, -0.1) is 0 Å². The van der Waals surface area contributed by atoms with Crippen molar-refractivity contribution in [2.45, 2.75) is 0 Å². The minimum Gasteiger partial charge on any atom is -0.347 e. The molecule has 3 heterocycles. The number of anilines is 1. The van der Waals surface area contributed by atoms with Gasteiger partial charge in [-0.05, 0) is 12.1 Å². The maximum atomic E-state index is 13.9. The zero-order valence-corrected chi connectivity index (χ0v) is 10.4. The van der Waals surface area contributed by atoms with Crippen molar-refractivity contribution in [3.63, 3.8) is 0 Å². The number of aromatic nitrogens is 5. The monoisotopic (exact) mass is 258 g/mol. The molecule has 0 bridgehead atoms. The summed E-state index contributed by atoms with van der Waals surface area (Å²) in [5.41, 5.74) is 1.52. The van der Waals surface area contributed by atoms with Crippen LogP contribution in [0.1, 0.15) is 0 Å². The Bertz CT molecular complexity index is 736. The Balaban J connectivity index is 2.23. The second-order valence-corrected chi connectivity index (χ2v) is 4.22. The van der Waals surface area contributed by atoms with E-state index < -0.39 is 5.82 Å². The summed E-state index contributed by atoms with van der Waals surface area (Å²) < 4.78 is 15.4. The summed E-state index contributed by atoms with van der Waals surface area (Å²) >= 11 is 0. The molecular weight excluding hydrogens is 247 g/mol. The number of fused-ring (bicyclic) bond motifs is 1. The van der Waals surface area contributed by atoms with E-state index in [9.17, 15) is 4.39 Å². The van der Waals surface area contributed by atoms with Gasteiger partial charge in [-0.2, -0.15) is 14.8 Å². The number of hydrogen-bond acceptors (Lipinski definition) is 5. The third kappa shape index (κ3) is 1.88. The molecule has 0 aliphatic carbocycles. The first-order chi connectivity index (χ1) is 9.16. The van der Waals surface area contributed by atoms with E-state index in [4.69, 9.17) is 0 Å². The zero-order chi connectivity index (χ0) is 13.4. The number of halogens is 1. The quantitative estimate of drug-likeness (QED) is 0.695. The Labute approximate surface area is 108 Å². The predicted molar refractivity (Wildman–Crippen MR) is 68.3 cm³/mol. The fourth-order valence-electron chi connectivity index (χ4n) is 1.78. The molecule has 3 aromatic heterocycles. The maximum Gasteiger partial charge on any atom is 0.225 e. The van der Waals surface area contributed by atoms with Gasteiger partial charge in [-0.3, -0.25) is 0 Å². The van der Waals surface area contributed by atoms with Crippen LogP contribution in [0.15, 0.2) is 30.7 Å². The van der Waals surface area contributed by atoms with Crippen molar-refractivity contribution in [2.75, 3.05) is 19.0 Å². The van der Waals surface area contributed by atoms with Crippen LogP contribution in [0, 0.1) is 5.82 Å². The van der Waals surface area contributed by atoms with Crippen molar-refractivity contribution < 1.29 is 4.39 Å². The van der Waals surface area contributed by atoms with Crippen molar-refractivity contribution in [3.8, 4) is 11.3 Å². The minimum atomic E-state index is -0.482. The lowest BCUT2D eigenvalue weighted by atomic mass is 10.2. The Morgan fingerprint density at radius 2 is 2.05 bits per heavy atom. The molecule has 0 aliphatic rings. The van der Waals surface area contributed by atoms with Gasteiger partial charge in [0.15, 0.2) is 5.82 Å². The SMILES string of the molecule is CN(C)c1ncc(F)c(-c2cnn3ncccc23)n1. The molecule has 0 radical (unpaired) electrons. The van der Waals surface area contributed by atoms with Gasteiger partial charge < -0.3 is 4.90 Å². The molecule has 0 atom stereocenters. The summed E-state index contributed by atoms with van der Waals surface area (Å²) in [5, 5.41) is 8.12. The second kappa shape index (κ2) is 4.27. The van der Waals surface area contributed by atoms with E-state index in [1.807, 2.05) is 6.07 Å². The average molecular weight is 258 g/mol. The van der Waals surface area contributed by atoms with E-state index in [2.05, 4.69) is 20.2 Å². The summed E-state index contributed by atoms with van der Waals surface area (Å²) in [6.07, 6.45) is 4.33. The first-order valence-corrected chi connectivity index (χ1v) is 5.66. The van der Waals surface area contributed by atoms with E-state index in [-0.39, 0.29) is 5.69 Å². The Hall–Kier alpha value is -2.57. The Morgan fingerprint density at radius 3 is 2.84 bits per heavy atom. The van der Waals surface area contributed by atoms with E-state index in [0.29, 0.717) is 17.0 Å². The van der Waals surface area contributed by atoms with Crippen molar-refractivity contribution >= 4 is 11.5 Å². The predicted octanol–water partition coefficient (Wildman–Crippen LogP) is 1.39. The fraction of sp³-hybridized carbons (Fsp3) is 0.167. The number of nitrogens with zero attached hydrogens (tertiary/aromatic N) is 6. The summed E-state index contributed by atoms with van der Waals surface area (Å²) in [6.45, 7) is 0. The lowest BCUT2D eigenvalue weighted by Gasteiger charge is -2.10. The molecule has 0 saturated heterocycles. The third-order valence-corrected chi connectivity index (χ3v) is 2.69. The largest absolute Gasteiger partial charge is 0.347 e. The highest BCUT2D eigenvalue weighted by Gasteiger charge is 2.15. The molecule has 0 aliphatic heterocycles. The molecule has 7 heteroatoms.